The Kier molecular flexibility index (Phi) is 8.67. The molecule has 0 bridgehead atoms. The van der Waals surface area contributed by atoms with Crippen LogP contribution in [0.1, 0.15) is 56.8 Å². The quantitative estimate of drug-likeness (QED) is 0.206. The van der Waals surface area contributed by atoms with Crippen LogP contribution in [0.15, 0.2) is 48.1 Å². The molecule has 10 heteroatoms. The first-order valence-corrected chi connectivity index (χ1v) is 16.1. The third-order valence-corrected chi connectivity index (χ3v) is 9.80. The van der Waals surface area contributed by atoms with Gasteiger partial charge in [-0.25, -0.2) is 14.5 Å². The van der Waals surface area contributed by atoms with Gasteiger partial charge in [-0.05, 0) is 82.0 Å². The highest BCUT2D eigenvalue weighted by Crippen LogP contribution is 2.31. The molecular weight excluding hydrogens is 546 g/mol. The first-order chi connectivity index (χ1) is 20.5. The minimum absolute atomic E-state index is 0.0148. The van der Waals surface area contributed by atoms with Crippen LogP contribution in [0.3, 0.4) is 0 Å². The summed E-state index contributed by atoms with van der Waals surface area (Å²) in [5.74, 6) is 0.831. The molecule has 222 valence electrons. The van der Waals surface area contributed by atoms with Gasteiger partial charge in [-0.15, -0.1) is 11.3 Å². The normalized spacial score (nSPS) is 17.5. The number of likely N-dealkylation sites (tertiary alicyclic amines) is 1. The maximum Gasteiger partial charge on any atom is 0.165 e. The number of Topliss-reactive ketones (excluding diaryl/α,β-unsaturated/α-hetero) is 1. The molecule has 6 rings (SSSR count). The maximum atomic E-state index is 13.6. The molecule has 6 heterocycles. The Morgan fingerprint density at radius 2 is 1.95 bits per heavy atom. The summed E-state index contributed by atoms with van der Waals surface area (Å²) in [6.07, 6.45) is 7.50. The van der Waals surface area contributed by atoms with Crippen LogP contribution in [0.25, 0.3) is 27.5 Å². The van der Waals surface area contributed by atoms with Gasteiger partial charge in [0.25, 0.3) is 0 Å². The van der Waals surface area contributed by atoms with Crippen molar-refractivity contribution < 1.29 is 9.53 Å². The van der Waals surface area contributed by atoms with Gasteiger partial charge in [0.2, 0.25) is 0 Å². The van der Waals surface area contributed by atoms with Crippen molar-refractivity contribution in [2.75, 3.05) is 51.3 Å². The highest BCUT2D eigenvalue weighted by molar-refractivity contribution is 7.13. The molecule has 42 heavy (non-hydrogen) atoms. The maximum absolute atomic E-state index is 13.6. The van der Waals surface area contributed by atoms with Crippen molar-refractivity contribution >= 4 is 28.6 Å². The second-order valence-corrected chi connectivity index (χ2v) is 12.5. The van der Waals surface area contributed by atoms with Crippen LogP contribution in [-0.2, 0) is 4.74 Å². The van der Waals surface area contributed by atoms with E-state index in [9.17, 15) is 4.79 Å². The number of hydrogen-bond acceptors (Lipinski definition) is 9. The fourth-order valence-electron chi connectivity index (χ4n) is 6.23. The van der Waals surface area contributed by atoms with E-state index >= 15 is 0 Å². The lowest BCUT2D eigenvalue weighted by atomic mass is 9.95. The van der Waals surface area contributed by atoms with Crippen LogP contribution in [0.4, 0.5) is 5.82 Å². The second-order valence-electron chi connectivity index (χ2n) is 11.5. The summed E-state index contributed by atoms with van der Waals surface area (Å²) >= 11 is 1.66. The molecule has 2 saturated heterocycles. The first kappa shape index (κ1) is 28.9. The average molecular weight is 588 g/mol. The molecule has 2 aliphatic heterocycles. The average Bonchev–Trinajstić information content (AvgIpc) is 3.78. The second kappa shape index (κ2) is 12.6. The van der Waals surface area contributed by atoms with E-state index in [1.165, 1.54) is 12.8 Å². The van der Waals surface area contributed by atoms with Gasteiger partial charge in [0, 0.05) is 30.8 Å². The first-order valence-electron chi connectivity index (χ1n) is 15.2. The molecule has 1 atom stereocenters. The number of ketones is 1. The van der Waals surface area contributed by atoms with Gasteiger partial charge in [-0.2, -0.15) is 5.10 Å². The zero-order valence-corrected chi connectivity index (χ0v) is 25.7. The molecule has 0 aliphatic carbocycles. The van der Waals surface area contributed by atoms with Crippen LogP contribution in [-0.4, -0.2) is 92.7 Å². The van der Waals surface area contributed by atoms with Crippen LogP contribution in [0.2, 0.25) is 0 Å². The van der Waals surface area contributed by atoms with Crippen molar-refractivity contribution in [2.45, 2.75) is 58.0 Å². The molecule has 4 aromatic rings. The van der Waals surface area contributed by atoms with E-state index in [2.05, 4.69) is 52.4 Å². The molecule has 9 nitrogen and oxygen atoms in total. The van der Waals surface area contributed by atoms with E-state index in [0.717, 1.165) is 74.1 Å². The topological polar surface area (TPSA) is 87.9 Å². The number of pyridine rings is 1. The number of ether oxygens (including phenoxy) is 1. The van der Waals surface area contributed by atoms with Gasteiger partial charge >= 0.3 is 0 Å². The zero-order chi connectivity index (χ0) is 29.1. The largest absolute Gasteiger partial charge is 0.377 e. The highest BCUT2D eigenvalue weighted by Gasteiger charge is 2.44. The summed E-state index contributed by atoms with van der Waals surface area (Å²) in [7, 11) is 0. The van der Waals surface area contributed by atoms with Crippen LogP contribution < -0.4 is 5.32 Å². The Morgan fingerprint density at radius 3 is 2.64 bits per heavy atom. The Bertz CT molecular complexity index is 1500. The number of fused-ring (bicyclic) bond motifs is 1. The van der Waals surface area contributed by atoms with E-state index < -0.39 is 0 Å². The zero-order valence-electron chi connectivity index (χ0n) is 24.9. The summed E-state index contributed by atoms with van der Waals surface area (Å²) < 4.78 is 7.46. The Balaban J connectivity index is 1.31. The van der Waals surface area contributed by atoms with Crippen molar-refractivity contribution in [3.05, 3.63) is 53.7 Å². The van der Waals surface area contributed by atoms with E-state index in [0.29, 0.717) is 29.5 Å². The smallest absolute Gasteiger partial charge is 0.165 e. The lowest BCUT2D eigenvalue weighted by molar-refractivity contribution is -0.125. The van der Waals surface area contributed by atoms with Crippen molar-refractivity contribution in [1.29, 1.82) is 0 Å². The van der Waals surface area contributed by atoms with Crippen LogP contribution in [0, 0.1) is 0 Å². The number of aromatic nitrogens is 4. The van der Waals surface area contributed by atoms with E-state index in [4.69, 9.17) is 14.7 Å². The molecule has 2 fully saturated rings. The molecule has 0 amide bonds. The van der Waals surface area contributed by atoms with Crippen LogP contribution >= 0.6 is 11.3 Å². The van der Waals surface area contributed by atoms with Crippen LogP contribution in [0.5, 0.6) is 0 Å². The Hall–Kier alpha value is -3.18. The third kappa shape index (κ3) is 5.86. The number of nitrogens with zero attached hydrogens (tertiary/aromatic N) is 6. The minimum Gasteiger partial charge on any atom is -0.377 e. The number of carbonyl (C=O) groups is 1. The van der Waals surface area contributed by atoms with Gasteiger partial charge < -0.3 is 15.0 Å². The molecule has 0 spiro atoms. The molecule has 0 aromatic carbocycles. The van der Waals surface area contributed by atoms with Crippen molar-refractivity contribution in [3.63, 3.8) is 0 Å². The predicted molar refractivity (Wildman–Crippen MR) is 168 cm³/mol. The van der Waals surface area contributed by atoms with Crippen molar-refractivity contribution in [2.24, 2.45) is 0 Å². The number of hydrogen-bond donors (Lipinski definition) is 1. The van der Waals surface area contributed by atoms with Gasteiger partial charge in [0.15, 0.2) is 11.4 Å². The molecule has 0 radical (unpaired) electrons. The fourth-order valence-corrected chi connectivity index (χ4v) is 6.92. The van der Waals surface area contributed by atoms with E-state index in [1.807, 2.05) is 30.5 Å². The molecule has 1 N–H and O–H groups in total. The standard InChI is InChI=1S/C32H41N7O2S/c1-4-37(5-2)23(3)10-11-28(40)24-17-27(25-19-34-39-15-12-26(36-31(25)39)29-9-8-16-42-29)35-30(18-24)33-20-32(21-41-22-32)38-13-6-7-14-38/h8-9,12,15-19,23H,4-7,10-11,13-14,20-22H2,1-3H3,(H,33,35)/t23-/m0/s1. The van der Waals surface area contributed by atoms with Gasteiger partial charge in [0.05, 0.1) is 46.8 Å². The predicted octanol–water partition coefficient (Wildman–Crippen LogP) is 5.49. The van der Waals surface area contributed by atoms with Crippen molar-refractivity contribution in [3.8, 4) is 21.8 Å². The lowest BCUT2D eigenvalue weighted by Crippen LogP contribution is -2.65. The monoisotopic (exact) mass is 587 g/mol. The molecule has 4 aromatic heterocycles. The van der Waals surface area contributed by atoms with Gasteiger partial charge in [-0.1, -0.05) is 19.9 Å². The Labute approximate surface area is 251 Å². The van der Waals surface area contributed by atoms with E-state index in [1.54, 1.807) is 22.0 Å². The lowest BCUT2D eigenvalue weighted by Gasteiger charge is -2.48. The number of nitrogens with one attached hydrogen (secondary N) is 1. The summed E-state index contributed by atoms with van der Waals surface area (Å²) in [4.78, 5) is 29.7. The molecule has 2 aliphatic rings. The number of anilines is 1. The molecule has 0 unspecified atom stereocenters. The third-order valence-electron chi connectivity index (χ3n) is 8.91. The van der Waals surface area contributed by atoms with E-state index in [-0.39, 0.29) is 11.3 Å². The molecule has 0 saturated carbocycles. The summed E-state index contributed by atoms with van der Waals surface area (Å²) in [6, 6.07) is 10.3. The van der Waals surface area contributed by atoms with Crippen molar-refractivity contribution in [1.82, 2.24) is 29.4 Å². The molecular formula is C32H41N7O2S. The number of thiophene rings is 1. The summed E-state index contributed by atoms with van der Waals surface area (Å²) in [6.45, 7) is 12.9. The SMILES string of the molecule is CCN(CC)[C@@H](C)CCC(=O)c1cc(NCC2(N3CCCC3)COC2)nc(-c2cnn3ccc(-c4cccs4)nc23)c1. The number of carbonyl (C=O) groups excluding carboxylic acids is 1. The Morgan fingerprint density at radius 1 is 1.14 bits per heavy atom. The van der Waals surface area contributed by atoms with Gasteiger partial charge in [-0.3, -0.25) is 9.69 Å². The number of rotatable bonds is 13. The summed E-state index contributed by atoms with van der Waals surface area (Å²) in [5, 5.41) is 10.2. The summed E-state index contributed by atoms with van der Waals surface area (Å²) in [5.41, 5.74) is 3.78. The fraction of sp³-hybridized carbons (Fsp3) is 0.500. The minimum atomic E-state index is -0.0148. The van der Waals surface area contributed by atoms with Gasteiger partial charge in [0.1, 0.15) is 5.82 Å². The highest BCUT2D eigenvalue weighted by atomic mass is 32.1.